The Morgan fingerprint density at radius 1 is 0.880 bits per heavy atom. The third-order valence-electron chi connectivity index (χ3n) is 6.83. The van der Waals surface area contributed by atoms with Crippen molar-refractivity contribution in [2.45, 2.75) is 96.5 Å². The van der Waals surface area contributed by atoms with E-state index in [-0.39, 0.29) is 0 Å². The summed E-state index contributed by atoms with van der Waals surface area (Å²) in [5.74, 6) is 2.45. The molecule has 2 atom stereocenters. The molecular formula is C24H38O. The highest BCUT2D eigenvalue weighted by atomic mass is 16.5. The molecular weight excluding hydrogens is 304 g/mol. The molecule has 2 unspecified atom stereocenters. The lowest BCUT2D eigenvalue weighted by Crippen LogP contribution is -2.33. The van der Waals surface area contributed by atoms with Gasteiger partial charge in [-0.25, -0.2) is 0 Å². The van der Waals surface area contributed by atoms with Crippen LogP contribution >= 0.6 is 0 Å². The fourth-order valence-corrected chi connectivity index (χ4v) is 4.91. The molecule has 0 radical (unpaired) electrons. The molecule has 0 N–H and O–H groups in total. The molecule has 1 saturated heterocycles. The van der Waals surface area contributed by atoms with Gasteiger partial charge >= 0.3 is 0 Å². The third-order valence-corrected chi connectivity index (χ3v) is 6.83. The van der Waals surface area contributed by atoms with Gasteiger partial charge in [0, 0.05) is 5.92 Å². The van der Waals surface area contributed by atoms with Gasteiger partial charge in [0.2, 0.25) is 0 Å². The fourth-order valence-electron chi connectivity index (χ4n) is 4.91. The Morgan fingerprint density at radius 3 is 2.24 bits per heavy atom. The molecule has 1 aromatic carbocycles. The smallest absolute Gasteiger partial charge is 0.0603 e. The maximum Gasteiger partial charge on any atom is 0.0603 e. The summed E-state index contributed by atoms with van der Waals surface area (Å²) in [4.78, 5) is 0. The van der Waals surface area contributed by atoms with Crippen LogP contribution in [0.15, 0.2) is 24.3 Å². The fraction of sp³-hybridized carbons (Fsp3) is 0.750. The molecule has 1 saturated carbocycles. The minimum Gasteiger partial charge on any atom is -0.377 e. The van der Waals surface area contributed by atoms with Crippen LogP contribution < -0.4 is 0 Å². The van der Waals surface area contributed by atoms with Crippen LogP contribution in [0.25, 0.3) is 0 Å². The quantitative estimate of drug-likeness (QED) is 0.490. The average Bonchev–Trinajstić information content (AvgIpc) is 2.69. The molecule has 0 bridgehead atoms. The van der Waals surface area contributed by atoms with Crippen molar-refractivity contribution < 1.29 is 4.74 Å². The highest BCUT2D eigenvalue weighted by Crippen LogP contribution is 2.38. The van der Waals surface area contributed by atoms with E-state index >= 15 is 0 Å². The zero-order valence-corrected chi connectivity index (χ0v) is 16.5. The summed E-state index contributed by atoms with van der Waals surface area (Å²) in [6.07, 6.45) is 15.4. The Kier molecular flexibility index (Phi) is 7.40. The molecule has 0 aromatic heterocycles. The standard InChI is InChI=1S/C24H38O/c1-3-5-6-7-20-10-12-21(13-11-20)23-16-17-24(25-18-23)22-14-8-19(4-2)9-15-22/h10-13,19,22-24H,3-9,14-18H2,1-2H3. The normalized spacial score (nSPS) is 30.3. The molecule has 1 aromatic rings. The van der Waals surface area contributed by atoms with Gasteiger partial charge in [-0.15, -0.1) is 0 Å². The summed E-state index contributed by atoms with van der Waals surface area (Å²) in [6, 6.07) is 9.43. The van der Waals surface area contributed by atoms with Crippen molar-refractivity contribution in [2.75, 3.05) is 6.61 Å². The molecule has 1 heteroatoms. The lowest BCUT2D eigenvalue weighted by molar-refractivity contribution is -0.0434. The zero-order chi connectivity index (χ0) is 17.5. The second-order valence-electron chi connectivity index (χ2n) is 8.53. The first kappa shape index (κ1) is 19.0. The minimum absolute atomic E-state index is 0.544. The van der Waals surface area contributed by atoms with E-state index in [1.165, 1.54) is 81.8 Å². The van der Waals surface area contributed by atoms with Crippen molar-refractivity contribution >= 4 is 0 Å². The topological polar surface area (TPSA) is 9.23 Å². The van der Waals surface area contributed by atoms with Crippen LogP contribution in [-0.4, -0.2) is 12.7 Å². The first-order valence-electron chi connectivity index (χ1n) is 11.0. The molecule has 1 heterocycles. The largest absolute Gasteiger partial charge is 0.377 e. The van der Waals surface area contributed by atoms with Gasteiger partial charge in [0.05, 0.1) is 12.7 Å². The second kappa shape index (κ2) is 9.76. The second-order valence-corrected chi connectivity index (χ2v) is 8.53. The van der Waals surface area contributed by atoms with E-state index in [1.807, 2.05) is 0 Å². The number of unbranched alkanes of at least 4 members (excludes halogenated alkanes) is 2. The van der Waals surface area contributed by atoms with Crippen LogP contribution in [0.3, 0.4) is 0 Å². The highest BCUT2D eigenvalue weighted by molar-refractivity contribution is 5.26. The van der Waals surface area contributed by atoms with E-state index in [0.29, 0.717) is 12.0 Å². The van der Waals surface area contributed by atoms with Crippen molar-refractivity contribution in [2.24, 2.45) is 11.8 Å². The van der Waals surface area contributed by atoms with E-state index in [2.05, 4.69) is 38.1 Å². The zero-order valence-electron chi connectivity index (χ0n) is 16.5. The summed E-state index contributed by atoms with van der Waals surface area (Å²) in [5.41, 5.74) is 2.99. The summed E-state index contributed by atoms with van der Waals surface area (Å²) >= 11 is 0. The van der Waals surface area contributed by atoms with Crippen molar-refractivity contribution in [3.05, 3.63) is 35.4 Å². The Morgan fingerprint density at radius 2 is 1.64 bits per heavy atom. The molecule has 0 spiro atoms. The molecule has 2 aliphatic rings. The molecule has 0 amide bonds. The Hall–Kier alpha value is -0.820. The number of hydrogen-bond acceptors (Lipinski definition) is 1. The number of benzene rings is 1. The summed E-state index contributed by atoms with van der Waals surface area (Å²) in [6.45, 7) is 5.56. The number of ether oxygens (including phenoxy) is 1. The van der Waals surface area contributed by atoms with Gasteiger partial charge in [0.1, 0.15) is 0 Å². The van der Waals surface area contributed by atoms with Crippen molar-refractivity contribution in [3.8, 4) is 0 Å². The van der Waals surface area contributed by atoms with Gasteiger partial charge in [-0.1, -0.05) is 70.2 Å². The first-order chi connectivity index (χ1) is 12.3. The minimum atomic E-state index is 0.544. The number of rotatable bonds is 7. The number of aryl methyl sites for hydroxylation is 1. The van der Waals surface area contributed by atoms with Crippen LogP contribution in [0, 0.1) is 11.8 Å². The Bertz CT molecular complexity index is 475. The van der Waals surface area contributed by atoms with Crippen LogP contribution in [0.2, 0.25) is 0 Å². The van der Waals surface area contributed by atoms with Gasteiger partial charge in [-0.2, -0.15) is 0 Å². The van der Waals surface area contributed by atoms with Crippen molar-refractivity contribution in [1.29, 1.82) is 0 Å². The van der Waals surface area contributed by atoms with Crippen LogP contribution in [0.5, 0.6) is 0 Å². The first-order valence-corrected chi connectivity index (χ1v) is 11.0. The third kappa shape index (κ3) is 5.33. The molecule has 2 fully saturated rings. The van der Waals surface area contributed by atoms with E-state index < -0.39 is 0 Å². The Labute approximate surface area is 155 Å². The lowest BCUT2D eigenvalue weighted by Gasteiger charge is -2.37. The van der Waals surface area contributed by atoms with Crippen molar-refractivity contribution in [3.63, 3.8) is 0 Å². The van der Waals surface area contributed by atoms with Gasteiger partial charge in [0.15, 0.2) is 0 Å². The average molecular weight is 343 g/mol. The summed E-state index contributed by atoms with van der Waals surface area (Å²) < 4.78 is 6.36. The molecule has 1 aliphatic carbocycles. The maximum atomic E-state index is 6.36. The molecule has 1 aliphatic heterocycles. The van der Waals surface area contributed by atoms with E-state index in [0.717, 1.165) is 18.4 Å². The molecule has 1 nitrogen and oxygen atoms in total. The van der Waals surface area contributed by atoms with Crippen LogP contribution in [0.1, 0.15) is 95.1 Å². The summed E-state index contributed by atoms with van der Waals surface area (Å²) in [7, 11) is 0. The maximum absolute atomic E-state index is 6.36. The highest BCUT2D eigenvalue weighted by Gasteiger charge is 2.31. The van der Waals surface area contributed by atoms with Gasteiger partial charge in [0.25, 0.3) is 0 Å². The molecule has 25 heavy (non-hydrogen) atoms. The number of hydrogen-bond donors (Lipinski definition) is 0. The van der Waals surface area contributed by atoms with Gasteiger partial charge in [-0.3, -0.25) is 0 Å². The Balaban J connectivity index is 1.44. The van der Waals surface area contributed by atoms with Crippen LogP contribution in [-0.2, 0) is 11.2 Å². The van der Waals surface area contributed by atoms with E-state index in [1.54, 1.807) is 0 Å². The SMILES string of the molecule is CCCCCc1ccc(C2CCC(C3CCC(CC)CC3)OC2)cc1. The van der Waals surface area contributed by atoms with E-state index in [9.17, 15) is 0 Å². The van der Waals surface area contributed by atoms with Gasteiger partial charge in [-0.05, 0) is 61.5 Å². The predicted molar refractivity (Wildman–Crippen MR) is 107 cm³/mol. The van der Waals surface area contributed by atoms with E-state index in [4.69, 9.17) is 4.74 Å². The lowest BCUT2D eigenvalue weighted by atomic mass is 9.76. The summed E-state index contributed by atoms with van der Waals surface area (Å²) in [5, 5.41) is 0. The predicted octanol–water partition coefficient (Wildman–Crippen LogP) is 6.90. The van der Waals surface area contributed by atoms with Gasteiger partial charge < -0.3 is 4.74 Å². The van der Waals surface area contributed by atoms with Crippen LogP contribution in [0.4, 0.5) is 0 Å². The van der Waals surface area contributed by atoms with Crippen molar-refractivity contribution in [1.82, 2.24) is 0 Å². The molecule has 3 rings (SSSR count). The molecule has 140 valence electrons. The monoisotopic (exact) mass is 342 g/mol.